The molecule has 0 radical (unpaired) electrons. The number of anilines is 2. The van der Waals surface area contributed by atoms with Gasteiger partial charge in [0.25, 0.3) is 0 Å². The molecule has 0 saturated carbocycles. The van der Waals surface area contributed by atoms with Crippen molar-refractivity contribution in [3.63, 3.8) is 0 Å². The third-order valence-electron chi connectivity index (χ3n) is 4.10. The molecule has 3 heterocycles. The lowest BCUT2D eigenvalue weighted by Crippen LogP contribution is -2.37. The quantitative estimate of drug-likeness (QED) is 0.772. The summed E-state index contributed by atoms with van der Waals surface area (Å²) in [6.07, 6.45) is 1.67. The lowest BCUT2D eigenvalue weighted by molar-refractivity contribution is 0.122. The summed E-state index contributed by atoms with van der Waals surface area (Å²) in [7, 11) is 0. The van der Waals surface area contributed by atoms with Crippen molar-refractivity contribution in [1.29, 1.82) is 0 Å². The van der Waals surface area contributed by atoms with Gasteiger partial charge < -0.3 is 19.4 Å². The largest absolute Gasteiger partial charge is 0.467 e. The summed E-state index contributed by atoms with van der Waals surface area (Å²) in [5.74, 6) is 2.38. The molecule has 6 heteroatoms. The van der Waals surface area contributed by atoms with Gasteiger partial charge in [0.05, 0.1) is 31.7 Å². The molecule has 0 spiro atoms. The van der Waals surface area contributed by atoms with Gasteiger partial charge in [-0.05, 0) is 12.1 Å². The van der Waals surface area contributed by atoms with Crippen LogP contribution < -0.4 is 10.2 Å². The molecule has 1 fully saturated rings. The van der Waals surface area contributed by atoms with Crippen LogP contribution >= 0.6 is 0 Å². The molecular formula is C19H20N4O2. The minimum absolute atomic E-state index is 0.584. The van der Waals surface area contributed by atoms with Crippen molar-refractivity contribution in [2.75, 3.05) is 36.5 Å². The Morgan fingerprint density at radius 2 is 1.84 bits per heavy atom. The lowest BCUT2D eigenvalue weighted by atomic mass is 10.1. The Hall–Kier alpha value is -2.86. The molecule has 1 aromatic carbocycles. The van der Waals surface area contributed by atoms with E-state index >= 15 is 0 Å². The Kier molecular flexibility index (Phi) is 4.61. The summed E-state index contributed by atoms with van der Waals surface area (Å²) >= 11 is 0. The molecular weight excluding hydrogens is 316 g/mol. The van der Waals surface area contributed by atoms with Gasteiger partial charge in [0.1, 0.15) is 11.6 Å². The second-order valence-corrected chi connectivity index (χ2v) is 5.84. The van der Waals surface area contributed by atoms with E-state index in [1.54, 1.807) is 6.26 Å². The van der Waals surface area contributed by atoms with Gasteiger partial charge in [-0.25, -0.2) is 4.98 Å². The van der Waals surface area contributed by atoms with Gasteiger partial charge in [-0.15, -0.1) is 0 Å². The number of aromatic nitrogens is 2. The molecule has 1 saturated heterocycles. The first-order valence-electron chi connectivity index (χ1n) is 8.42. The molecule has 1 aliphatic rings. The summed E-state index contributed by atoms with van der Waals surface area (Å²) in [6, 6.07) is 15.9. The maximum atomic E-state index is 5.44. The predicted molar refractivity (Wildman–Crippen MR) is 96.5 cm³/mol. The molecule has 0 aliphatic carbocycles. The highest BCUT2D eigenvalue weighted by atomic mass is 16.5. The molecule has 1 N–H and O–H groups in total. The third-order valence-corrected chi connectivity index (χ3v) is 4.10. The number of ether oxygens (including phenoxy) is 1. The van der Waals surface area contributed by atoms with Gasteiger partial charge in [0.15, 0.2) is 0 Å². The molecule has 6 nitrogen and oxygen atoms in total. The topological polar surface area (TPSA) is 63.4 Å². The van der Waals surface area contributed by atoms with E-state index in [0.717, 1.165) is 41.9 Å². The van der Waals surface area contributed by atoms with Crippen molar-refractivity contribution in [2.45, 2.75) is 6.54 Å². The Labute approximate surface area is 146 Å². The average molecular weight is 336 g/mol. The van der Waals surface area contributed by atoms with Crippen LogP contribution in [-0.4, -0.2) is 36.3 Å². The summed E-state index contributed by atoms with van der Waals surface area (Å²) in [5.41, 5.74) is 1.97. The van der Waals surface area contributed by atoms with Crippen LogP contribution in [0.4, 0.5) is 11.8 Å². The molecule has 0 amide bonds. The SMILES string of the molecule is c1ccc(-c2cc(NCc3ccco3)nc(N3CCOCC3)n2)cc1. The highest BCUT2D eigenvalue weighted by molar-refractivity contribution is 5.64. The van der Waals surface area contributed by atoms with Crippen LogP contribution in [0.15, 0.2) is 59.2 Å². The zero-order valence-corrected chi connectivity index (χ0v) is 13.9. The van der Waals surface area contributed by atoms with Crippen LogP contribution in [-0.2, 0) is 11.3 Å². The van der Waals surface area contributed by atoms with Crippen molar-refractivity contribution in [3.05, 3.63) is 60.6 Å². The predicted octanol–water partition coefficient (Wildman–Crippen LogP) is 3.19. The van der Waals surface area contributed by atoms with Crippen LogP contribution in [0.1, 0.15) is 5.76 Å². The van der Waals surface area contributed by atoms with Crippen LogP contribution in [0.2, 0.25) is 0 Å². The Bertz CT molecular complexity index is 800. The smallest absolute Gasteiger partial charge is 0.228 e. The number of rotatable bonds is 5. The van der Waals surface area contributed by atoms with Crippen molar-refractivity contribution in [2.24, 2.45) is 0 Å². The van der Waals surface area contributed by atoms with E-state index < -0.39 is 0 Å². The van der Waals surface area contributed by atoms with Gasteiger partial charge >= 0.3 is 0 Å². The minimum Gasteiger partial charge on any atom is -0.467 e. The van der Waals surface area contributed by atoms with Crippen molar-refractivity contribution < 1.29 is 9.15 Å². The van der Waals surface area contributed by atoms with E-state index in [9.17, 15) is 0 Å². The van der Waals surface area contributed by atoms with Crippen molar-refractivity contribution in [1.82, 2.24) is 9.97 Å². The highest BCUT2D eigenvalue weighted by Crippen LogP contribution is 2.23. The second kappa shape index (κ2) is 7.36. The number of hydrogen-bond acceptors (Lipinski definition) is 6. The zero-order valence-electron chi connectivity index (χ0n) is 13.9. The van der Waals surface area contributed by atoms with Crippen LogP contribution in [0, 0.1) is 0 Å². The first-order chi connectivity index (χ1) is 12.4. The normalized spacial score (nSPS) is 14.5. The van der Waals surface area contributed by atoms with Gasteiger partial charge in [0, 0.05) is 24.7 Å². The van der Waals surface area contributed by atoms with Gasteiger partial charge in [-0.2, -0.15) is 4.98 Å². The van der Waals surface area contributed by atoms with Crippen molar-refractivity contribution in [3.8, 4) is 11.3 Å². The summed E-state index contributed by atoms with van der Waals surface area (Å²) < 4.78 is 10.8. The number of nitrogens with one attached hydrogen (secondary N) is 1. The molecule has 25 heavy (non-hydrogen) atoms. The highest BCUT2D eigenvalue weighted by Gasteiger charge is 2.16. The van der Waals surface area contributed by atoms with Gasteiger partial charge in [0.2, 0.25) is 5.95 Å². The second-order valence-electron chi connectivity index (χ2n) is 5.84. The minimum atomic E-state index is 0.584. The fourth-order valence-electron chi connectivity index (χ4n) is 2.78. The van der Waals surface area contributed by atoms with Crippen molar-refractivity contribution >= 4 is 11.8 Å². The standard InChI is InChI=1S/C19H20N4O2/c1-2-5-15(6-3-1)17-13-18(20-14-16-7-4-10-25-16)22-19(21-17)23-8-11-24-12-9-23/h1-7,10,13H,8-9,11-12,14H2,(H,20,21,22). The number of furan rings is 1. The fraction of sp³-hybridized carbons (Fsp3) is 0.263. The first kappa shape index (κ1) is 15.7. The van der Waals surface area contributed by atoms with Crippen LogP contribution in [0.25, 0.3) is 11.3 Å². The van der Waals surface area contributed by atoms with E-state index in [0.29, 0.717) is 19.8 Å². The van der Waals surface area contributed by atoms with Gasteiger partial charge in [-0.3, -0.25) is 0 Å². The van der Waals surface area contributed by atoms with E-state index in [2.05, 4.69) is 27.3 Å². The third kappa shape index (κ3) is 3.80. The van der Waals surface area contributed by atoms with E-state index in [1.807, 2.05) is 36.4 Å². The number of nitrogens with zero attached hydrogens (tertiary/aromatic N) is 3. The molecule has 4 rings (SSSR count). The first-order valence-corrected chi connectivity index (χ1v) is 8.42. The average Bonchev–Trinajstić information content (AvgIpc) is 3.21. The lowest BCUT2D eigenvalue weighted by Gasteiger charge is -2.27. The summed E-state index contributed by atoms with van der Waals surface area (Å²) in [5, 5.41) is 3.33. The molecule has 128 valence electrons. The van der Waals surface area contributed by atoms with E-state index in [4.69, 9.17) is 14.1 Å². The molecule has 0 unspecified atom stereocenters. The monoisotopic (exact) mass is 336 g/mol. The fourth-order valence-corrected chi connectivity index (χ4v) is 2.78. The molecule has 1 aliphatic heterocycles. The van der Waals surface area contributed by atoms with E-state index in [1.165, 1.54) is 0 Å². The Balaban J connectivity index is 1.64. The maximum absolute atomic E-state index is 5.44. The molecule has 3 aromatic rings. The molecule has 0 bridgehead atoms. The van der Waals surface area contributed by atoms with Crippen LogP contribution in [0.3, 0.4) is 0 Å². The summed E-state index contributed by atoms with van der Waals surface area (Å²) in [6.45, 7) is 3.59. The molecule has 2 aromatic heterocycles. The van der Waals surface area contributed by atoms with E-state index in [-0.39, 0.29) is 0 Å². The Morgan fingerprint density at radius 1 is 1.00 bits per heavy atom. The maximum Gasteiger partial charge on any atom is 0.228 e. The number of morpholine rings is 1. The number of hydrogen-bond donors (Lipinski definition) is 1. The van der Waals surface area contributed by atoms with Gasteiger partial charge in [-0.1, -0.05) is 30.3 Å². The zero-order chi connectivity index (χ0) is 16.9. The van der Waals surface area contributed by atoms with Crippen LogP contribution in [0.5, 0.6) is 0 Å². The molecule has 0 atom stereocenters. The number of benzene rings is 1. The Morgan fingerprint density at radius 3 is 2.60 bits per heavy atom. The summed E-state index contributed by atoms with van der Waals surface area (Å²) in [4.78, 5) is 11.6.